The molecule has 0 aromatic heterocycles. The normalized spacial score (nSPS) is 17.6. The second kappa shape index (κ2) is 7.50. The van der Waals surface area contributed by atoms with E-state index in [0.29, 0.717) is 18.3 Å². The number of rotatable bonds is 6. The lowest BCUT2D eigenvalue weighted by Crippen LogP contribution is -2.44. The lowest BCUT2D eigenvalue weighted by molar-refractivity contribution is 0.118. The first-order valence-electron chi connectivity index (χ1n) is 7.60. The highest BCUT2D eigenvalue weighted by Crippen LogP contribution is 2.20. The number of para-hydroxylation sites is 2. The molecule has 0 saturated carbocycles. The SMILES string of the molecule is CCN1CCC(N(C)CCOc2ccccc2N)CC1. The van der Waals surface area contributed by atoms with Crippen LogP contribution in [0.2, 0.25) is 0 Å². The molecule has 0 amide bonds. The fraction of sp³-hybridized carbons (Fsp3) is 0.625. The number of hydrogen-bond acceptors (Lipinski definition) is 4. The van der Waals surface area contributed by atoms with E-state index in [1.807, 2.05) is 24.3 Å². The molecule has 2 N–H and O–H groups in total. The zero-order chi connectivity index (χ0) is 14.4. The van der Waals surface area contributed by atoms with Gasteiger partial charge in [0.15, 0.2) is 0 Å². The van der Waals surface area contributed by atoms with Gasteiger partial charge < -0.3 is 15.4 Å². The number of nitrogens with two attached hydrogens (primary N) is 1. The van der Waals surface area contributed by atoms with Crippen LogP contribution < -0.4 is 10.5 Å². The van der Waals surface area contributed by atoms with Gasteiger partial charge in [-0.1, -0.05) is 19.1 Å². The van der Waals surface area contributed by atoms with Gasteiger partial charge >= 0.3 is 0 Å². The minimum Gasteiger partial charge on any atom is -0.490 e. The number of hydrogen-bond donors (Lipinski definition) is 1. The summed E-state index contributed by atoms with van der Waals surface area (Å²) in [4.78, 5) is 4.94. The number of likely N-dealkylation sites (N-methyl/N-ethyl adjacent to an activating group) is 1. The molecule has 1 heterocycles. The smallest absolute Gasteiger partial charge is 0.142 e. The Labute approximate surface area is 122 Å². The third-order valence-electron chi connectivity index (χ3n) is 4.25. The number of nitrogens with zero attached hydrogens (tertiary/aromatic N) is 2. The van der Waals surface area contributed by atoms with Crippen LogP contribution in [-0.4, -0.2) is 55.7 Å². The number of likely N-dealkylation sites (tertiary alicyclic amines) is 1. The Bertz CT molecular complexity index is 402. The van der Waals surface area contributed by atoms with E-state index >= 15 is 0 Å². The summed E-state index contributed by atoms with van der Waals surface area (Å²) < 4.78 is 5.76. The van der Waals surface area contributed by atoms with Crippen molar-refractivity contribution in [3.63, 3.8) is 0 Å². The molecule has 112 valence electrons. The Hall–Kier alpha value is -1.26. The fourth-order valence-corrected chi connectivity index (χ4v) is 2.77. The summed E-state index contributed by atoms with van der Waals surface area (Å²) >= 11 is 0. The van der Waals surface area contributed by atoms with Crippen molar-refractivity contribution < 1.29 is 4.74 Å². The molecule has 0 bridgehead atoms. The molecule has 0 unspecified atom stereocenters. The first kappa shape index (κ1) is 15.1. The molecule has 20 heavy (non-hydrogen) atoms. The maximum absolute atomic E-state index is 5.87. The van der Waals surface area contributed by atoms with Crippen LogP contribution in [0.5, 0.6) is 5.75 Å². The lowest BCUT2D eigenvalue weighted by atomic mass is 10.0. The van der Waals surface area contributed by atoms with Crippen LogP contribution in [0.1, 0.15) is 19.8 Å². The number of benzene rings is 1. The van der Waals surface area contributed by atoms with Crippen LogP contribution in [0.15, 0.2) is 24.3 Å². The van der Waals surface area contributed by atoms with Crippen LogP contribution >= 0.6 is 0 Å². The number of nitrogen functional groups attached to an aromatic ring is 1. The fourth-order valence-electron chi connectivity index (χ4n) is 2.77. The second-order valence-corrected chi connectivity index (χ2v) is 5.53. The number of piperidine rings is 1. The minimum atomic E-state index is 0.689. The molecular formula is C16H27N3O. The Balaban J connectivity index is 1.70. The molecule has 1 aliphatic rings. The zero-order valence-electron chi connectivity index (χ0n) is 12.7. The van der Waals surface area contributed by atoms with Gasteiger partial charge in [0.1, 0.15) is 12.4 Å². The van der Waals surface area contributed by atoms with E-state index in [1.165, 1.54) is 32.5 Å². The topological polar surface area (TPSA) is 41.7 Å². The molecular weight excluding hydrogens is 250 g/mol. The molecule has 0 aliphatic carbocycles. The highest BCUT2D eigenvalue weighted by molar-refractivity contribution is 5.51. The predicted octanol–water partition coefficient (Wildman–Crippen LogP) is 2.06. The van der Waals surface area contributed by atoms with Crippen LogP contribution in [-0.2, 0) is 0 Å². The highest BCUT2D eigenvalue weighted by atomic mass is 16.5. The third kappa shape index (κ3) is 4.12. The van der Waals surface area contributed by atoms with Crippen molar-refractivity contribution in [1.82, 2.24) is 9.80 Å². The molecule has 0 radical (unpaired) electrons. The summed E-state index contributed by atoms with van der Waals surface area (Å²) in [6, 6.07) is 8.37. The van der Waals surface area contributed by atoms with Gasteiger partial charge in [-0.3, -0.25) is 4.90 Å². The summed E-state index contributed by atoms with van der Waals surface area (Å²) in [5.41, 5.74) is 6.58. The molecule has 1 aromatic carbocycles. The van der Waals surface area contributed by atoms with Gasteiger partial charge in [-0.25, -0.2) is 0 Å². The summed E-state index contributed by atoms with van der Waals surface area (Å²) in [5, 5.41) is 0. The Morgan fingerprint density at radius 3 is 2.65 bits per heavy atom. The van der Waals surface area contributed by atoms with Crippen molar-refractivity contribution in [3.8, 4) is 5.75 Å². The van der Waals surface area contributed by atoms with Crippen molar-refractivity contribution in [2.24, 2.45) is 0 Å². The number of anilines is 1. The Kier molecular flexibility index (Phi) is 5.68. The van der Waals surface area contributed by atoms with Crippen molar-refractivity contribution in [1.29, 1.82) is 0 Å². The summed E-state index contributed by atoms with van der Waals surface area (Å²) in [5.74, 6) is 0.793. The molecule has 1 aromatic rings. The standard InChI is InChI=1S/C16H27N3O/c1-3-19-10-8-14(9-11-19)18(2)12-13-20-16-7-5-4-6-15(16)17/h4-7,14H,3,8-13,17H2,1-2H3. The Morgan fingerprint density at radius 1 is 1.30 bits per heavy atom. The van der Waals surface area contributed by atoms with Crippen molar-refractivity contribution in [2.45, 2.75) is 25.8 Å². The molecule has 4 heteroatoms. The van der Waals surface area contributed by atoms with Gasteiger partial charge in [0.25, 0.3) is 0 Å². The summed E-state index contributed by atoms with van der Waals surface area (Å²) in [6.07, 6.45) is 2.52. The van der Waals surface area contributed by atoms with Crippen LogP contribution in [0.25, 0.3) is 0 Å². The number of ether oxygens (including phenoxy) is 1. The second-order valence-electron chi connectivity index (χ2n) is 5.53. The molecule has 1 saturated heterocycles. The van der Waals surface area contributed by atoms with Gasteiger partial charge in [0.05, 0.1) is 5.69 Å². The summed E-state index contributed by atoms with van der Waals surface area (Å²) in [7, 11) is 2.20. The van der Waals surface area contributed by atoms with Crippen molar-refractivity contribution in [3.05, 3.63) is 24.3 Å². The average molecular weight is 277 g/mol. The van der Waals surface area contributed by atoms with E-state index in [1.54, 1.807) is 0 Å². The van der Waals surface area contributed by atoms with Gasteiger partial charge in [-0.05, 0) is 51.7 Å². The van der Waals surface area contributed by atoms with Crippen molar-refractivity contribution in [2.75, 3.05) is 45.6 Å². The molecule has 0 atom stereocenters. The van der Waals surface area contributed by atoms with Gasteiger partial charge in [-0.2, -0.15) is 0 Å². The van der Waals surface area contributed by atoms with E-state index in [4.69, 9.17) is 10.5 Å². The van der Waals surface area contributed by atoms with E-state index < -0.39 is 0 Å². The quantitative estimate of drug-likeness (QED) is 0.808. The van der Waals surface area contributed by atoms with E-state index in [9.17, 15) is 0 Å². The first-order chi connectivity index (χ1) is 9.70. The minimum absolute atomic E-state index is 0.689. The van der Waals surface area contributed by atoms with Crippen LogP contribution in [0.3, 0.4) is 0 Å². The highest BCUT2D eigenvalue weighted by Gasteiger charge is 2.21. The predicted molar refractivity (Wildman–Crippen MR) is 84.1 cm³/mol. The maximum Gasteiger partial charge on any atom is 0.142 e. The monoisotopic (exact) mass is 277 g/mol. The Morgan fingerprint density at radius 2 is 2.00 bits per heavy atom. The molecule has 1 fully saturated rings. The van der Waals surface area contributed by atoms with E-state index in [0.717, 1.165) is 12.3 Å². The van der Waals surface area contributed by atoms with Crippen LogP contribution in [0, 0.1) is 0 Å². The van der Waals surface area contributed by atoms with Gasteiger partial charge in [0, 0.05) is 12.6 Å². The summed E-state index contributed by atoms with van der Waals surface area (Å²) in [6.45, 7) is 7.49. The largest absolute Gasteiger partial charge is 0.490 e. The third-order valence-corrected chi connectivity index (χ3v) is 4.25. The lowest BCUT2D eigenvalue weighted by Gasteiger charge is -2.36. The molecule has 1 aliphatic heterocycles. The first-order valence-corrected chi connectivity index (χ1v) is 7.60. The van der Waals surface area contributed by atoms with Crippen molar-refractivity contribution >= 4 is 5.69 Å². The van der Waals surface area contributed by atoms with E-state index in [-0.39, 0.29) is 0 Å². The van der Waals surface area contributed by atoms with Gasteiger partial charge in [0.2, 0.25) is 0 Å². The van der Waals surface area contributed by atoms with Crippen LogP contribution in [0.4, 0.5) is 5.69 Å². The average Bonchev–Trinajstić information content (AvgIpc) is 2.49. The molecule has 2 rings (SSSR count). The van der Waals surface area contributed by atoms with E-state index in [2.05, 4.69) is 23.8 Å². The maximum atomic E-state index is 5.87. The molecule has 4 nitrogen and oxygen atoms in total. The van der Waals surface area contributed by atoms with Gasteiger partial charge in [-0.15, -0.1) is 0 Å². The molecule has 0 spiro atoms. The zero-order valence-corrected chi connectivity index (χ0v) is 12.7.